The van der Waals surface area contributed by atoms with Crippen LogP contribution in [0.3, 0.4) is 0 Å². The van der Waals surface area contributed by atoms with E-state index in [1.54, 1.807) is 6.08 Å². The normalized spacial score (nSPS) is 18.7. The van der Waals surface area contributed by atoms with Crippen molar-refractivity contribution in [1.82, 2.24) is 5.32 Å². The van der Waals surface area contributed by atoms with E-state index < -0.39 is 49.5 Å². The molecule has 1 rings (SSSR count). The van der Waals surface area contributed by atoms with Crippen LogP contribution in [-0.2, 0) is 14.3 Å². The molecule has 0 aromatic rings. The van der Waals surface area contributed by atoms with Crippen molar-refractivity contribution >= 4 is 5.91 Å². The highest BCUT2D eigenvalue weighted by Gasteiger charge is 2.44. The van der Waals surface area contributed by atoms with E-state index in [1.807, 2.05) is 6.08 Å². The van der Waals surface area contributed by atoms with Gasteiger partial charge in [-0.3, -0.25) is 4.79 Å². The van der Waals surface area contributed by atoms with E-state index in [4.69, 9.17) is 9.47 Å². The van der Waals surface area contributed by atoms with Crippen molar-refractivity contribution in [3.05, 3.63) is 134 Å². The first-order valence-corrected chi connectivity index (χ1v) is 36.9. The van der Waals surface area contributed by atoms with Gasteiger partial charge in [-0.15, -0.1) is 0 Å². The molecule has 0 bridgehead atoms. The molecule has 0 spiro atoms. The van der Waals surface area contributed by atoms with Gasteiger partial charge in [-0.1, -0.05) is 327 Å². The second kappa shape index (κ2) is 67.2. The van der Waals surface area contributed by atoms with Gasteiger partial charge in [0.1, 0.15) is 24.4 Å². The van der Waals surface area contributed by atoms with Crippen molar-refractivity contribution in [2.24, 2.45) is 0 Å². The number of nitrogens with one attached hydrogen (secondary N) is 1. The van der Waals surface area contributed by atoms with Gasteiger partial charge in [-0.2, -0.15) is 0 Å². The molecule has 9 heteroatoms. The van der Waals surface area contributed by atoms with Gasteiger partial charge < -0.3 is 40.3 Å². The number of carbonyl (C=O) groups is 1. The van der Waals surface area contributed by atoms with Gasteiger partial charge in [-0.05, 0) is 109 Å². The fourth-order valence-corrected chi connectivity index (χ4v) is 11.0. The maximum atomic E-state index is 13.1. The summed E-state index contributed by atoms with van der Waals surface area (Å²) in [7, 11) is 0. The summed E-state index contributed by atoms with van der Waals surface area (Å²) < 4.78 is 11.3. The van der Waals surface area contributed by atoms with E-state index in [0.717, 1.165) is 116 Å². The Labute approximate surface area is 547 Å². The molecule has 9 nitrogen and oxygen atoms in total. The summed E-state index contributed by atoms with van der Waals surface area (Å²) in [4.78, 5) is 13.1. The first-order valence-electron chi connectivity index (χ1n) is 36.9. The van der Waals surface area contributed by atoms with Gasteiger partial charge in [0.2, 0.25) is 5.91 Å². The van der Waals surface area contributed by atoms with Gasteiger partial charge in [0.05, 0.1) is 25.4 Å². The zero-order valence-corrected chi connectivity index (χ0v) is 57.1. The first-order chi connectivity index (χ1) is 43.8. The Bertz CT molecular complexity index is 1870. The van der Waals surface area contributed by atoms with Gasteiger partial charge in [0.15, 0.2) is 6.29 Å². The summed E-state index contributed by atoms with van der Waals surface area (Å²) in [6, 6.07) is -0.845. The van der Waals surface area contributed by atoms with Crippen molar-refractivity contribution in [2.45, 2.75) is 352 Å². The Morgan fingerprint density at radius 2 is 0.708 bits per heavy atom. The first kappa shape index (κ1) is 83.3. The topological polar surface area (TPSA) is 149 Å². The predicted octanol–water partition coefficient (Wildman–Crippen LogP) is 20.8. The third-order valence-electron chi connectivity index (χ3n) is 16.7. The van der Waals surface area contributed by atoms with Gasteiger partial charge >= 0.3 is 0 Å². The summed E-state index contributed by atoms with van der Waals surface area (Å²) in [6.07, 6.45) is 95.7. The summed E-state index contributed by atoms with van der Waals surface area (Å²) in [5.41, 5.74) is 0. The quantitative estimate of drug-likeness (QED) is 0.0261. The van der Waals surface area contributed by atoms with Crippen molar-refractivity contribution < 1.29 is 39.8 Å². The number of allylic oxidation sites excluding steroid dienone is 21. The molecular weight excluding hydrogens is 1100 g/mol. The lowest BCUT2D eigenvalue weighted by Crippen LogP contribution is -2.60. The molecule has 89 heavy (non-hydrogen) atoms. The van der Waals surface area contributed by atoms with Gasteiger partial charge in [0.25, 0.3) is 0 Å². The molecule has 7 atom stereocenters. The third-order valence-corrected chi connectivity index (χ3v) is 16.7. The highest BCUT2D eigenvalue weighted by atomic mass is 16.7. The minimum absolute atomic E-state index is 0.202. The highest BCUT2D eigenvalue weighted by molar-refractivity contribution is 5.76. The molecule has 7 unspecified atom stereocenters. The van der Waals surface area contributed by atoms with Crippen LogP contribution >= 0.6 is 0 Å². The molecule has 0 radical (unpaired) electrons. The number of aliphatic hydroxyl groups is 5. The molecule has 1 amide bonds. The molecule has 0 aromatic heterocycles. The van der Waals surface area contributed by atoms with E-state index in [2.05, 4.69) is 141 Å². The van der Waals surface area contributed by atoms with E-state index in [9.17, 15) is 30.3 Å². The standard InChI is InChI=1S/C80H137NO8/c1-3-5-7-9-11-13-15-17-19-21-23-25-27-29-31-33-35-37-39-41-43-45-47-49-51-53-55-57-59-61-63-65-67-69-74(83)73(72-88-80-79(87)78(86)77(85)75(71-82)89-80)81-76(84)70-68-66-64-62-60-58-56-54-52-50-48-46-44-42-40-38-36-34-32-30-28-26-24-22-20-18-16-14-12-10-8-6-4-2/h6,8,12,14,18,20,24,26,30,32,36,38,42,44,48,50-51,53,59,61,67,69,73-75,77-80,82-83,85-87H,3-5,7,9-11,13,15-17,19,21-23,25,27-29,31,33-35,37,39-41,43,45-47,49,52,54-58,60,62-66,68,70-72H2,1-2H3,(H,81,84)/b8-6-,14-12-,20-18-,26-24-,32-30-,38-36-,44-42-,50-48-,53-51+,61-59+,69-67+. The Balaban J connectivity index is 2.18. The van der Waals surface area contributed by atoms with Crippen LogP contribution in [0.4, 0.5) is 0 Å². The van der Waals surface area contributed by atoms with E-state index >= 15 is 0 Å². The lowest BCUT2D eigenvalue weighted by Gasteiger charge is -2.40. The highest BCUT2D eigenvalue weighted by Crippen LogP contribution is 2.23. The van der Waals surface area contributed by atoms with Crippen LogP contribution in [-0.4, -0.2) is 87.5 Å². The molecule has 0 aliphatic carbocycles. The second-order valence-electron chi connectivity index (χ2n) is 25.0. The zero-order valence-electron chi connectivity index (χ0n) is 57.1. The number of aliphatic hydroxyl groups excluding tert-OH is 5. The second-order valence-corrected chi connectivity index (χ2v) is 25.0. The minimum Gasteiger partial charge on any atom is -0.394 e. The van der Waals surface area contributed by atoms with Crippen molar-refractivity contribution in [3.8, 4) is 0 Å². The molecule has 1 saturated heterocycles. The van der Waals surface area contributed by atoms with Crippen LogP contribution < -0.4 is 5.32 Å². The summed E-state index contributed by atoms with van der Waals surface area (Å²) in [6.45, 7) is 3.66. The SMILES string of the molecule is CC/C=C\C/C=C\C/C=C\C/C=C\C/C=C\C/C=C\C/C=C\C/C=C\CCCCCCCCCCC(=O)NC(COC1OC(CO)C(O)C(O)C1O)C(O)/C=C/CC/C=C/CC/C=C/CCCCCCCCCCCCCCCCCCCCCCCCC. The average Bonchev–Trinajstić information content (AvgIpc) is 2.28. The molecule has 1 heterocycles. The predicted molar refractivity (Wildman–Crippen MR) is 382 cm³/mol. The average molecular weight is 1240 g/mol. The number of ether oxygens (including phenoxy) is 2. The number of hydrogen-bond acceptors (Lipinski definition) is 8. The largest absolute Gasteiger partial charge is 0.394 e. The summed E-state index contributed by atoms with van der Waals surface area (Å²) in [5, 5.41) is 54.8. The fourth-order valence-electron chi connectivity index (χ4n) is 11.0. The van der Waals surface area contributed by atoms with Crippen molar-refractivity contribution in [2.75, 3.05) is 13.2 Å². The minimum atomic E-state index is -1.59. The van der Waals surface area contributed by atoms with Crippen LogP contribution in [0.25, 0.3) is 0 Å². The number of carbonyl (C=O) groups excluding carboxylic acids is 1. The third kappa shape index (κ3) is 55.7. The Hall–Kier alpha value is -3.67. The maximum absolute atomic E-state index is 13.1. The molecule has 0 aromatic carbocycles. The molecule has 1 aliphatic heterocycles. The van der Waals surface area contributed by atoms with Crippen LogP contribution in [0.5, 0.6) is 0 Å². The van der Waals surface area contributed by atoms with E-state index in [1.165, 1.54) is 173 Å². The molecule has 0 saturated carbocycles. The van der Waals surface area contributed by atoms with Gasteiger partial charge in [-0.25, -0.2) is 0 Å². The van der Waals surface area contributed by atoms with Crippen LogP contribution in [0.1, 0.15) is 309 Å². The summed E-state index contributed by atoms with van der Waals surface area (Å²) in [5.74, 6) is -0.202. The monoisotopic (exact) mass is 1240 g/mol. The maximum Gasteiger partial charge on any atom is 0.220 e. The Morgan fingerprint density at radius 1 is 0.393 bits per heavy atom. The lowest BCUT2D eigenvalue weighted by atomic mass is 9.99. The smallest absolute Gasteiger partial charge is 0.220 e. The number of hydrogen-bond donors (Lipinski definition) is 6. The lowest BCUT2D eigenvalue weighted by molar-refractivity contribution is -0.302. The number of rotatable bonds is 63. The van der Waals surface area contributed by atoms with Crippen molar-refractivity contribution in [3.63, 3.8) is 0 Å². The molecule has 510 valence electrons. The molecule has 6 N–H and O–H groups in total. The summed E-state index contributed by atoms with van der Waals surface area (Å²) >= 11 is 0. The van der Waals surface area contributed by atoms with E-state index in [-0.39, 0.29) is 12.5 Å². The molecular formula is C80H137NO8. The van der Waals surface area contributed by atoms with Crippen LogP contribution in [0.2, 0.25) is 0 Å². The zero-order chi connectivity index (χ0) is 64.2. The number of unbranched alkanes of at least 4 members (excludes halogenated alkanes) is 33. The fraction of sp³-hybridized carbons (Fsp3) is 0.713. The molecule has 1 fully saturated rings. The van der Waals surface area contributed by atoms with Crippen LogP contribution in [0.15, 0.2) is 134 Å². The number of amides is 1. The van der Waals surface area contributed by atoms with Crippen LogP contribution in [0, 0.1) is 0 Å². The van der Waals surface area contributed by atoms with E-state index in [0.29, 0.717) is 6.42 Å². The van der Waals surface area contributed by atoms with Gasteiger partial charge in [0, 0.05) is 6.42 Å². The van der Waals surface area contributed by atoms with Crippen molar-refractivity contribution in [1.29, 1.82) is 0 Å². The Morgan fingerprint density at radius 3 is 1.08 bits per heavy atom. The Kier molecular flexibility index (Phi) is 63.0. The molecule has 1 aliphatic rings.